The molecule has 114 valence electrons. The van der Waals surface area contributed by atoms with Gasteiger partial charge in [-0.2, -0.15) is 18.3 Å². The maximum Gasteiger partial charge on any atom is 0.395 e. The molecule has 7 heteroatoms. The zero-order valence-corrected chi connectivity index (χ0v) is 11.5. The normalized spacial score (nSPS) is 13.5. The maximum atomic E-state index is 13.4. The van der Waals surface area contributed by atoms with Crippen LogP contribution in [0.1, 0.15) is 18.4 Å². The Bertz CT molecular complexity index is 823. The van der Waals surface area contributed by atoms with E-state index in [0.29, 0.717) is 16.6 Å². The van der Waals surface area contributed by atoms with Gasteiger partial charge in [-0.25, -0.2) is 9.07 Å². The van der Waals surface area contributed by atoms with Crippen LogP contribution in [0.5, 0.6) is 0 Å². The summed E-state index contributed by atoms with van der Waals surface area (Å²) in [6.07, 6.45) is -0.259. The Morgan fingerprint density at radius 2 is 1.86 bits per heavy atom. The Kier molecular flexibility index (Phi) is 3.35. The number of fused-ring (bicyclic) bond motifs is 1. The second-order valence-electron chi connectivity index (χ2n) is 5.00. The van der Waals surface area contributed by atoms with Crippen molar-refractivity contribution in [2.75, 3.05) is 0 Å². The minimum Gasteiger partial charge on any atom is -0.262 e. The molecular formula is C15H11F4N3. The number of hydrogen-bond donors (Lipinski definition) is 0. The van der Waals surface area contributed by atoms with Crippen molar-refractivity contribution in [3.05, 3.63) is 54.2 Å². The van der Waals surface area contributed by atoms with Gasteiger partial charge < -0.3 is 0 Å². The number of nitrogens with zero attached hydrogens (tertiary/aromatic N) is 3. The molecule has 22 heavy (non-hydrogen) atoms. The van der Waals surface area contributed by atoms with Gasteiger partial charge in [-0.05, 0) is 30.7 Å². The van der Waals surface area contributed by atoms with E-state index in [1.165, 1.54) is 41.5 Å². The van der Waals surface area contributed by atoms with Gasteiger partial charge in [-0.1, -0.05) is 0 Å². The number of pyridine rings is 1. The number of rotatable bonds is 2. The first-order valence-electron chi connectivity index (χ1n) is 6.51. The lowest BCUT2D eigenvalue weighted by molar-refractivity contribution is -0.146. The Morgan fingerprint density at radius 3 is 2.59 bits per heavy atom. The van der Waals surface area contributed by atoms with Crippen LogP contribution in [-0.4, -0.2) is 20.9 Å². The summed E-state index contributed by atoms with van der Waals surface area (Å²) < 4.78 is 53.2. The van der Waals surface area contributed by atoms with E-state index in [9.17, 15) is 17.6 Å². The van der Waals surface area contributed by atoms with Crippen LogP contribution in [-0.2, 0) is 0 Å². The van der Waals surface area contributed by atoms with Crippen LogP contribution in [0, 0.1) is 5.82 Å². The topological polar surface area (TPSA) is 30.7 Å². The van der Waals surface area contributed by atoms with Crippen molar-refractivity contribution in [3.8, 4) is 5.69 Å². The lowest BCUT2D eigenvalue weighted by atomic mass is 10.0. The Labute approximate surface area is 123 Å². The second-order valence-corrected chi connectivity index (χ2v) is 5.00. The first kappa shape index (κ1) is 14.5. The quantitative estimate of drug-likeness (QED) is 0.663. The molecule has 3 rings (SSSR count). The first-order chi connectivity index (χ1) is 10.4. The number of aromatic nitrogens is 3. The van der Waals surface area contributed by atoms with Crippen LogP contribution in [0.15, 0.2) is 42.9 Å². The molecule has 0 spiro atoms. The van der Waals surface area contributed by atoms with Crippen molar-refractivity contribution in [2.24, 2.45) is 0 Å². The average molecular weight is 309 g/mol. The van der Waals surface area contributed by atoms with Crippen LogP contribution in [0.4, 0.5) is 17.6 Å². The Balaban J connectivity index is 2.10. The zero-order chi connectivity index (χ0) is 15.9. The maximum absolute atomic E-state index is 13.4. The van der Waals surface area contributed by atoms with Crippen LogP contribution >= 0.6 is 0 Å². The molecule has 0 bridgehead atoms. The number of halogens is 4. The summed E-state index contributed by atoms with van der Waals surface area (Å²) in [6, 6.07) is 5.50. The summed E-state index contributed by atoms with van der Waals surface area (Å²) >= 11 is 0. The molecule has 2 aromatic heterocycles. The van der Waals surface area contributed by atoms with Gasteiger partial charge in [-0.3, -0.25) is 4.98 Å². The van der Waals surface area contributed by atoms with Crippen molar-refractivity contribution in [3.63, 3.8) is 0 Å². The van der Waals surface area contributed by atoms with E-state index >= 15 is 0 Å². The minimum absolute atomic E-state index is 0.0325. The zero-order valence-electron chi connectivity index (χ0n) is 11.5. The summed E-state index contributed by atoms with van der Waals surface area (Å²) in [7, 11) is 0. The third-order valence-corrected chi connectivity index (χ3v) is 3.51. The van der Waals surface area contributed by atoms with E-state index in [1.807, 2.05) is 0 Å². The minimum atomic E-state index is -4.35. The van der Waals surface area contributed by atoms with Gasteiger partial charge in [-0.15, -0.1) is 0 Å². The van der Waals surface area contributed by atoms with Gasteiger partial charge in [0.2, 0.25) is 0 Å². The molecule has 0 aliphatic heterocycles. The van der Waals surface area contributed by atoms with Crippen LogP contribution in [0.25, 0.3) is 16.6 Å². The van der Waals surface area contributed by atoms with Crippen molar-refractivity contribution in [2.45, 2.75) is 19.0 Å². The molecule has 1 atom stereocenters. The summed E-state index contributed by atoms with van der Waals surface area (Å²) in [6.45, 7) is 1.07. The molecule has 2 heterocycles. The number of hydrogen-bond acceptors (Lipinski definition) is 2. The van der Waals surface area contributed by atoms with Crippen molar-refractivity contribution >= 4 is 10.9 Å². The van der Waals surface area contributed by atoms with Crippen LogP contribution in [0.3, 0.4) is 0 Å². The van der Waals surface area contributed by atoms with Crippen molar-refractivity contribution < 1.29 is 17.6 Å². The lowest BCUT2D eigenvalue weighted by Crippen LogP contribution is -2.18. The van der Waals surface area contributed by atoms with Gasteiger partial charge in [0.1, 0.15) is 5.82 Å². The monoisotopic (exact) mass is 309 g/mol. The SMILES string of the molecule is CC(c1cncc(-n2ncc3ccc(F)cc32)c1)C(F)(F)F. The Morgan fingerprint density at radius 1 is 1.09 bits per heavy atom. The molecule has 0 saturated carbocycles. The van der Waals surface area contributed by atoms with E-state index in [4.69, 9.17) is 0 Å². The third kappa shape index (κ3) is 2.54. The third-order valence-electron chi connectivity index (χ3n) is 3.51. The summed E-state index contributed by atoms with van der Waals surface area (Å²) in [5, 5.41) is 4.79. The van der Waals surface area contributed by atoms with Crippen molar-refractivity contribution in [1.29, 1.82) is 0 Å². The lowest BCUT2D eigenvalue weighted by Gasteiger charge is -2.16. The van der Waals surface area contributed by atoms with Gasteiger partial charge in [0.05, 0.1) is 29.5 Å². The molecule has 3 aromatic rings. The van der Waals surface area contributed by atoms with E-state index in [1.54, 1.807) is 6.07 Å². The molecule has 0 aliphatic carbocycles. The molecule has 0 saturated heterocycles. The fourth-order valence-corrected chi connectivity index (χ4v) is 2.18. The van der Waals surface area contributed by atoms with Crippen LogP contribution in [0.2, 0.25) is 0 Å². The number of benzene rings is 1. The molecule has 0 amide bonds. The molecule has 0 N–H and O–H groups in total. The standard InChI is InChI=1S/C15H11F4N3/c1-9(15(17,18)19)11-4-13(8-20-6-11)22-14-5-12(16)3-2-10(14)7-21-22/h2-9H,1H3. The largest absolute Gasteiger partial charge is 0.395 e. The molecule has 1 aromatic carbocycles. The highest BCUT2D eigenvalue weighted by molar-refractivity contribution is 5.80. The van der Waals surface area contributed by atoms with Gasteiger partial charge >= 0.3 is 6.18 Å². The Hall–Kier alpha value is -2.44. The van der Waals surface area contributed by atoms with Crippen LogP contribution < -0.4 is 0 Å². The van der Waals surface area contributed by atoms with Gasteiger partial charge in [0, 0.05) is 17.6 Å². The highest BCUT2D eigenvalue weighted by Gasteiger charge is 2.37. The predicted molar refractivity (Wildman–Crippen MR) is 73.3 cm³/mol. The highest BCUT2D eigenvalue weighted by atomic mass is 19.4. The van der Waals surface area contributed by atoms with E-state index < -0.39 is 17.9 Å². The molecular weight excluding hydrogens is 298 g/mol. The van der Waals surface area contributed by atoms with E-state index in [-0.39, 0.29) is 5.56 Å². The fraction of sp³-hybridized carbons (Fsp3) is 0.200. The molecule has 0 radical (unpaired) electrons. The summed E-state index contributed by atoms with van der Waals surface area (Å²) in [5.74, 6) is -2.08. The predicted octanol–water partition coefficient (Wildman–Crippen LogP) is 4.23. The van der Waals surface area contributed by atoms with Gasteiger partial charge in [0.15, 0.2) is 0 Å². The second kappa shape index (κ2) is 5.08. The summed E-state index contributed by atoms with van der Waals surface area (Å²) in [5.41, 5.74) is 0.859. The molecule has 0 aliphatic rings. The average Bonchev–Trinajstić information content (AvgIpc) is 2.88. The molecule has 3 nitrogen and oxygen atoms in total. The first-order valence-corrected chi connectivity index (χ1v) is 6.51. The smallest absolute Gasteiger partial charge is 0.262 e. The number of alkyl halides is 3. The molecule has 1 unspecified atom stereocenters. The van der Waals surface area contributed by atoms with E-state index in [0.717, 1.165) is 6.92 Å². The van der Waals surface area contributed by atoms with Gasteiger partial charge in [0.25, 0.3) is 0 Å². The highest BCUT2D eigenvalue weighted by Crippen LogP contribution is 2.34. The fourth-order valence-electron chi connectivity index (χ4n) is 2.18. The van der Waals surface area contributed by atoms with E-state index in [2.05, 4.69) is 10.1 Å². The van der Waals surface area contributed by atoms with Crippen molar-refractivity contribution in [1.82, 2.24) is 14.8 Å². The molecule has 0 fully saturated rings. The summed E-state index contributed by atoms with van der Waals surface area (Å²) in [4.78, 5) is 3.85.